The number of carbonyl (C=O) groups is 2. The first-order valence-corrected chi connectivity index (χ1v) is 8.68. The van der Waals surface area contributed by atoms with Gasteiger partial charge in [0.1, 0.15) is 0 Å². The number of imide groups is 1. The number of aryl methyl sites for hydroxylation is 1. The molecule has 1 atom stereocenters. The van der Waals surface area contributed by atoms with Crippen molar-refractivity contribution in [3.05, 3.63) is 29.8 Å². The standard InChI is InChI=1S/C16H21N5O2S/c1-4-11-6-8-12(9-7-11)13-18-16(21-20-13)24-10(3)14(22)19-15(23)17-5-2/h6-10H,4-5H2,1-3H3,(H,18,20,21)(H2,17,19,22,23)/t10-/m1/s1. The maximum absolute atomic E-state index is 11.9. The molecule has 0 saturated heterocycles. The van der Waals surface area contributed by atoms with Crippen LogP contribution in [0.15, 0.2) is 29.4 Å². The number of benzene rings is 1. The number of nitrogens with one attached hydrogen (secondary N) is 3. The number of aromatic nitrogens is 3. The van der Waals surface area contributed by atoms with Crippen LogP contribution in [0.2, 0.25) is 0 Å². The van der Waals surface area contributed by atoms with Crippen LogP contribution in [0, 0.1) is 0 Å². The lowest BCUT2D eigenvalue weighted by atomic mass is 10.1. The molecule has 0 bridgehead atoms. The zero-order chi connectivity index (χ0) is 17.5. The summed E-state index contributed by atoms with van der Waals surface area (Å²) in [4.78, 5) is 27.7. The van der Waals surface area contributed by atoms with Crippen molar-refractivity contribution in [1.82, 2.24) is 25.8 Å². The molecule has 0 spiro atoms. The monoisotopic (exact) mass is 347 g/mol. The molecule has 1 aromatic carbocycles. The molecular formula is C16H21N5O2S. The first kappa shape index (κ1) is 18.0. The number of hydrogen-bond acceptors (Lipinski definition) is 5. The number of amides is 3. The van der Waals surface area contributed by atoms with Gasteiger partial charge in [-0.25, -0.2) is 9.78 Å². The molecule has 0 unspecified atom stereocenters. The van der Waals surface area contributed by atoms with Crippen molar-refractivity contribution in [3.8, 4) is 11.4 Å². The Morgan fingerprint density at radius 3 is 2.58 bits per heavy atom. The molecule has 0 aliphatic carbocycles. The fourth-order valence-electron chi connectivity index (χ4n) is 1.96. The van der Waals surface area contributed by atoms with Crippen molar-refractivity contribution >= 4 is 23.7 Å². The van der Waals surface area contributed by atoms with Crippen molar-refractivity contribution in [2.45, 2.75) is 37.6 Å². The summed E-state index contributed by atoms with van der Waals surface area (Å²) in [5, 5.41) is 11.8. The minimum atomic E-state index is -0.498. The SMILES string of the molecule is CCNC(=O)NC(=O)[C@@H](C)Sc1n[nH]c(-c2ccc(CC)cc2)n1. The molecule has 3 N–H and O–H groups in total. The molecule has 8 heteroatoms. The Morgan fingerprint density at radius 2 is 1.96 bits per heavy atom. The number of rotatable bonds is 6. The quantitative estimate of drug-likeness (QED) is 0.697. The highest BCUT2D eigenvalue weighted by Crippen LogP contribution is 2.23. The van der Waals surface area contributed by atoms with Crippen LogP contribution in [0.5, 0.6) is 0 Å². The van der Waals surface area contributed by atoms with E-state index in [9.17, 15) is 9.59 Å². The van der Waals surface area contributed by atoms with Crippen molar-refractivity contribution in [3.63, 3.8) is 0 Å². The predicted octanol–water partition coefficient (Wildman–Crippen LogP) is 2.36. The number of nitrogens with zero attached hydrogens (tertiary/aromatic N) is 2. The summed E-state index contributed by atoms with van der Waals surface area (Å²) in [5.74, 6) is 0.265. The molecule has 24 heavy (non-hydrogen) atoms. The largest absolute Gasteiger partial charge is 0.338 e. The first-order valence-electron chi connectivity index (χ1n) is 7.80. The number of carbonyl (C=O) groups excluding carboxylic acids is 2. The molecule has 1 heterocycles. The lowest BCUT2D eigenvalue weighted by Crippen LogP contribution is -2.42. The smallest absolute Gasteiger partial charge is 0.321 e. The third-order valence-corrected chi connectivity index (χ3v) is 4.29. The molecule has 128 valence electrons. The van der Waals surface area contributed by atoms with E-state index in [1.807, 2.05) is 24.3 Å². The number of urea groups is 1. The fourth-order valence-corrected chi connectivity index (χ4v) is 2.68. The van der Waals surface area contributed by atoms with Gasteiger partial charge in [0, 0.05) is 12.1 Å². The van der Waals surface area contributed by atoms with Gasteiger partial charge in [0.05, 0.1) is 5.25 Å². The van der Waals surface area contributed by atoms with Gasteiger partial charge in [-0.1, -0.05) is 43.0 Å². The van der Waals surface area contributed by atoms with Crippen molar-refractivity contribution < 1.29 is 9.59 Å². The van der Waals surface area contributed by atoms with E-state index in [-0.39, 0.29) is 5.91 Å². The van der Waals surface area contributed by atoms with Crippen LogP contribution in [0.25, 0.3) is 11.4 Å². The van der Waals surface area contributed by atoms with Crippen molar-refractivity contribution in [2.24, 2.45) is 0 Å². The lowest BCUT2D eigenvalue weighted by molar-refractivity contribution is -0.119. The summed E-state index contributed by atoms with van der Waals surface area (Å²) < 4.78 is 0. The highest BCUT2D eigenvalue weighted by Gasteiger charge is 2.19. The van der Waals surface area contributed by atoms with Gasteiger partial charge in [0.2, 0.25) is 11.1 Å². The molecular weight excluding hydrogens is 326 g/mol. The Labute approximate surface area is 145 Å². The molecule has 1 aromatic heterocycles. The summed E-state index contributed by atoms with van der Waals surface area (Å²) in [6, 6.07) is 7.57. The zero-order valence-corrected chi connectivity index (χ0v) is 14.7. The number of aromatic amines is 1. The molecule has 0 fully saturated rings. The van der Waals surface area contributed by atoms with Crippen LogP contribution in [-0.4, -0.2) is 38.9 Å². The maximum Gasteiger partial charge on any atom is 0.321 e. The second-order valence-corrected chi connectivity index (χ2v) is 6.43. The van der Waals surface area contributed by atoms with Gasteiger partial charge < -0.3 is 5.32 Å². The van der Waals surface area contributed by atoms with Gasteiger partial charge in [0.15, 0.2) is 5.82 Å². The van der Waals surface area contributed by atoms with Crippen LogP contribution < -0.4 is 10.6 Å². The van der Waals surface area contributed by atoms with E-state index in [4.69, 9.17) is 0 Å². The molecule has 0 aliphatic heterocycles. The second kappa shape index (κ2) is 8.49. The van der Waals surface area contributed by atoms with Gasteiger partial charge in [0.25, 0.3) is 0 Å². The molecule has 0 saturated carbocycles. The van der Waals surface area contributed by atoms with E-state index in [0.717, 1.165) is 12.0 Å². The summed E-state index contributed by atoms with van der Waals surface area (Å²) >= 11 is 1.19. The molecule has 0 aliphatic rings. The molecule has 0 radical (unpaired) electrons. The Hall–Kier alpha value is -2.35. The van der Waals surface area contributed by atoms with Crippen molar-refractivity contribution in [1.29, 1.82) is 0 Å². The minimum Gasteiger partial charge on any atom is -0.338 e. The van der Waals surface area contributed by atoms with Crippen LogP contribution in [0.1, 0.15) is 26.3 Å². The van der Waals surface area contributed by atoms with E-state index in [1.54, 1.807) is 13.8 Å². The van der Waals surface area contributed by atoms with Crippen LogP contribution >= 0.6 is 11.8 Å². The van der Waals surface area contributed by atoms with Gasteiger partial charge in [-0.3, -0.25) is 15.2 Å². The zero-order valence-electron chi connectivity index (χ0n) is 13.9. The Bertz CT molecular complexity index is 699. The number of H-pyrrole nitrogens is 1. The average Bonchev–Trinajstić information content (AvgIpc) is 3.03. The maximum atomic E-state index is 11.9. The van der Waals surface area contributed by atoms with E-state index >= 15 is 0 Å². The van der Waals surface area contributed by atoms with Crippen LogP contribution in [0.3, 0.4) is 0 Å². The third-order valence-electron chi connectivity index (χ3n) is 3.33. The Morgan fingerprint density at radius 1 is 1.25 bits per heavy atom. The Kier molecular flexibility index (Phi) is 6.36. The lowest BCUT2D eigenvalue weighted by Gasteiger charge is -2.09. The molecule has 3 amide bonds. The normalized spacial score (nSPS) is 11.8. The van der Waals surface area contributed by atoms with Crippen molar-refractivity contribution in [2.75, 3.05) is 6.54 Å². The summed E-state index contributed by atoms with van der Waals surface area (Å²) in [5.41, 5.74) is 2.19. The van der Waals surface area contributed by atoms with Gasteiger partial charge in [-0.05, 0) is 25.8 Å². The fraction of sp³-hybridized carbons (Fsp3) is 0.375. The average molecular weight is 347 g/mol. The van der Waals surface area contributed by atoms with Crippen LogP contribution in [0.4, 0.5) is 4.79 Å². The second-order valence-electron chi connectivity index (χ2n) is 5.13. The topological polar surface area (TPSA) is 99.8 Å². The predicted molar refractivity (Wildman–Crippen MR) is 93.7 cm³/mol. The summed E-state index contributed by atoms with van der Waals surface area (Å²) in [6.07, 6.45) is 0.982. The molecule has 2 rings (SSSR count). The Balaban J connectivity index is 1.97. The third kappa shape index (κ3) is 4.82. The van der Waals surface area contributed by atoms with Crippen LogP contribution in [-0.2, 0) is 11.2 Å². The summed E-state index contributed by atoms with van der Waals surface area (Å²) in [6.45, 7) is 6.04. The van der Waals surface area contributed by atoms with E-state index in [2.05, 4.69) is 32.7 Å². The van der Waals surface area contributed by atoms with Gasteiger partial charge in [-0.15, -0.1) is 5.10 Å². The number of thioether (sulfide) groups is 1. The first-order chi connectivity index (χ1) is 11.5. The van der Waals surface area contributed by atoms with E-state index < -0.39 is 11.3 Å². The molecule has 7 nitrogen and oxygen atoms in total. The summed E-state index contributed by atoms with van der Waals surface area (Å²) in [7, 11) is 0. The van der Waals surface area contributed by atoms with E-state index in [0.29, 0.717) is 17.5 Å². The van der Waals surface area contributed by atoms with Gasteiger partial charge >= 0.3 is 6.03 Å². The highest BCUT2D eigenvalue weighted by molar-refractivity contribution is 8.00. The highest BCUT2D eigenvalue weighted by atomic mass is 32.2. The molecule has 2 aromatic rings. The van der Waals surface area contributed by atoms with E-state index in [1.165, 1.54) is 17.3 Å². The number of hydrogen-bond donors (Lipinski definition) is 3. The van der Waals surface area contributed by atoms with Gasteiger partial charge in [-0.2, -0.15) is 0 Å². The minimum absolute atomic E-state index is 0.385.